The third-order valence-corrected chi connectivity index (χ3v) is 4.98. The Morgan fingerprint density at radius 1 is 1.11 bits per heavy atom. The summed E-state index contributed by atoms with van der Waals surface area (Å²) < 4.78 is 0. The van der Waals surface area contributed by atoms with E-state index < -0.39 is 0 Å². The number of H-pyrrole nitrogens is 1. The van der Waals surface area contributed by atoms with E-state index in [9.17, 15) is 0 Å². The molecule has 9 nitrogen and oxygen atoms in total. The number of anilines is 2. The number of aromatic nitrogens is 5. The van der Waals surface area contributed by atoms with E-state index in [2.05, 4.69) is 53.1 Å². The van der Waals surface area contributed by atoms with E-state index in [1.54, 1.807) is 6.33 Å². The number of nitrogens with one attached hydrogen (secondary N) is 2. The first kappa shape index (κ1) is 18.6. The molecule has 0 unspecified atom stereocenters. The largest absolute Gasteiger partial charge is 0.368 e. The third kappa shape index (κ3) is 4.05. The molecule has 9 heteroatoms. The smallest absolute Gasteiger partial charge is 0.183 e. The van der Waals surface area contributed by atoms with Crippen molar-refractivity contribution >= 4 is 22.7 Å². The molecular weight excluding hydrogens is 354 g/mol. The molecule has 4 rings (SSSR count). The van der Waals surface area contributed by atoms with E-state index in [1.165, 1.54) is 0 Å². The third-order valence-electron chi connectivity index (χ3n) is 4.98. The number of likely N-dealkylation sites (N-methyl/N-ethyl adjacent to an activating group) is 2. The number of nitrogens with zero attached hydrogens (tertiary/aromatic N) is 7. The lowest BCUT2D eigenvalue weighted by Crippen LogP contribution is -2.44. The molecule has 0 radical (unpaired) electrons. The van der Waals surface area contributed by atoms with Crippen LogP contribution < -0.4 is 10.2 Å². The Balaban J connectivity index is 1.56. The summed E-state index contributed by atoms with van der Waals surface area (Å²) in [6, 6.07) is 4.09. The molecule has 148 valence electrons. The first-order valence-corrected chi connectivity index (χ1v) is 9.60. The number of pyridine rings is 1. The summed E-state index contributed by atoms with van der Waals surface area (Å²) in [5.41, 5.74) is 3.35. The van der Waals surface area contributed by atoms with Crippen molar-refractivity contribution < 1.29 is 0 Å². The Hall–Kier alpha value is -2.78. The van der Waals surface area contributed by atoms with E-state index in [0.717, 1.165) is 62.0 Å². The summed E-state index contributed by atoms with van der Waals surface area (Å²) in [4.78, 5) is 28.2. The van der Waals surface area contributed by atoms with Crippen LogP contribution in [0.1, 0.15) is 0 Å². The molecule has 0 aromatic carbocycles. The molecule has 28 heavy (non-hydrogen) atoms. The van der Waals surface area contributed by atoms with Crippen LogP contribution in [0.5, 0.6) is 0 Å². The van der Waals surface area contributed by atoms with Crippen LogP contribution in [0.3, 0.4) is 0 Å². The summed E-state index contributed by atoms with van der Waals surface area (Å²) in [6.07, 6.45) is 3.56. The standard InChI is InChI=1S/C19H27N9/c1-26(2)7-6-20-18-16-19(23-13-22-16)25-17(24-18)15-5-4-14(12-21-15)28-10-8-27(3)9-11-28/h4-5,12-13H,6-11H2,1-3H3,(H2,20,22,23,24,25). The molecule has 1 aliphatic rings. The zero-order valence-corrected chi connectivity index (χ0v) is 16.7. The van der Waals surface area contributed by atoms with Crippen LogP contribution in [0, 0.1) is 0 Å². The maximum Gasteiger partial charge on any atom is 0.183 e. The average molecular weight is 381 g/mol. The predicted octanol–water partition coefficient (Wildman–Crippen LogP) is 1.14. The normalized spacial score (nSPS) is 15.5. The summed E-state index contributed by atoms with van der Waals surface area (Å²) in [5.74, 6) is 1.33. The van der Waals surface area contributed by atoms with E-state index in [-0.39, 0.29) is 0 Å². The first-order chi connectivity index (χ1) is 13.6. The van der Waals surface area contributed by atoms with Crippen molar-refractivity contribution in [1.29, 1.82) is 0 Å². The van der Waals surface area contributed by atoms with Crippen molar-refractivity contribution in [3.8, 4) is 11.5 Å². The number of piperazine rings is 1. The van der Waals surface area contributed by atoms with Crippen molar-refractivity contribution in [1.82, 2.24) is 34.7 Å². The van der Waals surface area contributed by atoms with Crippen LogP contribution in [-0.2, 0) is 0 Å². The van der Waals surface area contributed by atoms with Crippen LogP contribution in [0.25, 0.3) is 22.7 Å². The number of hydrogen-bond acceptors (Lipinski definition) is 8. The number of fused-ring (bicyclic) bond motifs is 1. The lowest BCUT2D eigenvalue weighted by atomic mass is 10.2. The van der Waals surface area contributed by atoms with Gasteiger partial charge in [0.2, 0.25) is 0 Å². The van der Waals surface area contributed by atoms with Crippen LogP contribution in [-0.4, -0.2) is 95.1 Å². The maximum atomic E-state index is 4.70. The SMILES string of the molecule is CN(C)CCNc1nc(-c2ccc(N3CCN(C)CC3)cn2)nc2nc[nH]c12. The van der Waals surface area contributed by atoms with Gasteiger partial charge in [0.05, 0.1) is 18.2 Å². The van der Waals surface area contributed by atoms with Crippen LogP contribution >= 0.6 is 0 Å². The highest BCUT2D eigenvalue weighted by atomic mass is 15.2. The minimum Gasteiger partial charge on any atom is -0.368 e. The van der Waals surface area contributed by atoms with Crippen molar-refractivity contribution in [2.75, 3.05) is 70.6 Å². The molecule has 0 bridgehead atoms. The zero-order valence-electron chi connectivity index (χ0n) is 16.7. The average Bonchev–Trinajstić information content (AvgIpc) is 3.17. The Kier molecular flexibility index (Phi) is 5.36. The highest BCUT2D eigenvalue weighted by Gasteiger charge is 2.16. The Labute approximate surface area is 164 Å². The lowest BCUT2D eigenvalue weighted by Gasteiger charge is -2.33. The first-order valence-electron chi connectivity index (χ1n) is 9.60. The Morgan fingerprint density at radius 3 is 2.64 bits per heavy atom. The number of hydrogen-bond donors (Lipinski definition) is 2. The van der Waals surface area contributed by atoms with Crippen molar-refractivity contribution in [2.24, 2.45) is 0 Å². The molecule has 0 atom stereocenters. The molecule has 0 spiro atoms. The fraction of sp³-hybridized carbons (Fsp3) is 0.474. The van der Waals surface area contributed by atoms with Gasteiger partial charge in [-0.05, 0) is 33.3 Å². The molecule has 2 N–H and O–H groups in total. The van der Waals surface area contributed by atoms with Gasteiger partial charge in [-0.2, -0.15) is 0 Å². The highest BCUT2D eigenvalue weighted by Crippen LogP contribution is 2.23. The topological polar surface area (TPSA) is 89.1 Å². The summed E-state index contributed by atoms with van der Waals surface area (Å²) >= 11 is 0. The van der Waals surface area contributed by atoms with E-state index >= 15 is 0 Å². The molecule has 3 aromatic heterocycles. The second kappa shape index (κ2) is 8.07. The summed E-state index contributed by atoms with van der Waals surface area (Å²) in [7, 11) is 6.25. The highest BCUT2D eigenvalue weighted by molar-refractivity contribution is 5.84. The maximum absolute atomic E-state index is 4.70. The second-order valence-corrected chi connectivity index (χ2v) is 7.42. The number of rotatable bonds is 6. The molecule has 1 aliphatic heterocycles. The summed E-state index contributed by atoms with van der Waals surface area (Å²) in [5, 5.41) is 3.38. The molecule has 4 heterocycles. The van der Waals surface area contributed by atoms with Gasteiger partial charge in [-0.1, -0.05) is 0 Å². The van der Waals surface area contributed by atoms with Gasteiger partial charge >= 0.3 is 0 Å². The number of aromatic amines is 1. The van der Waals surface area contributed by atoms with Gasteiger partial charge in [0, 0.05) is 39.3 Å². The van der Waals surface area contributed by atoms with Gasteiger partial charge < -0.3 is 25.0 Å². The van der Waals surface area contributed by atoms with Gasteiger partial charge in [0.15, 0.2) is 17.3 Å². The van der Waals surface area contributed by atoms with Gasteiger partial charge in [0.1, 0.15) is 11.2 Å². The van der Waals surface area contributed by atoms with Crippen LogP contribution in [0.4, 0.5) is 11.5 Å². The van der Waals surface area contributed by atoms with Gasteiger partial charge in [-0.25, -0.2) is 15.0 Å². The quantitative estimate of drug-likeness (QED) is 0.657. The van der Waals surface area contributed by atoms with E-state index in [1.807, 2.05) is 26.4 Å². The van der Waals surface area contributed by atoms with E-state index in [4.69, 9.17) is 4.98 Å². The lowest BCUT2D eigenvalue weighted by molar-refractivity contribution is 0.313. The van der Waals surface area contributed by atoms with Crippen LogP contribution in [0.2, 0.25) is 0 Å². The minimum absolute atomic E-state index is 0.580. The zero-order chi connectivity index (χ0) is 19.5. The van der Waals surface area contributed by atoms with E-state index in [0.29, 0.717) is 11.5 Å². The molecule has 1 saturated heterocycles. The monoisotopic (exact) mass is 381 g/mol. The molecule has 3 aromatic rings. The molecule has 0 amide bonds. The Morgan fingerprint density at radius 2 is 1.93 bits per heavy atom. The molecule has 0 saturated carbocycles. The van der Waals surface area contributed by atoms with Gasteiger partial charge in [-0.3, -0.25) is 4.98 Å². The molecule has 1 fully saturated rings. The minimum atomic E-state index is 0.580. The fourth-order valence-electron chi connectivity index (χ4n) is 3.24. The molecule has 0 aliphatic carbocycles. The van der Waals surface area contributed by atoms with Crippen LogP contribution in [0.15, 0.2) is 24.7 Å². The van der Waals surface area contributed by atoms with Crippen molar-refractivity contribution in [3.63, 3.8) is 0 Å². The van der Waals surface area contributed by atoms with Gasteiger partial charge in [-0.15, -0.1) is 0 Å². The predicted molar refractivity (Wildman–Crippen MR) is 112 cm³/mol. The molecular formula is C19H27N9. The number of imidazole rings is 1. The fourth-order valence-corrected chi connectivity index (χ4v) is 3.24. The Bertz CT molecular complexity index is 911. The summed E-state index contributed by atoms with van der Waals surface area (Å²) in [6.45, 7) is 5.88. The second-order valence-electron chi connectivity index (χ2n) is 7.42. The van der Waals surface area contributed by atoms with Gasteiger partial charge in [0.25, 0.3) is 0 Å². The van der Waals surface area contributed by atoms with Crippen molar-refractivity contribution in [2.45, 2.75) is 0 Å². The van der Waals surface area contributed by atoms with Crippen molar-refractivity contribution in [3.05, 3.63) is 24.7 Å².